The average molecular weight is 462 g/mol. The number of carbonyl (C=O) groups excluding carboxylic acids is 2. The van der Waals surface area contributed by atoms with Crippen LogP contribution in [0.15, 0.2) is 48.0 Å². The van der Waals surface area contributed by atoms with Crippen molar-refractivity contribution in [3.63, 3.8) is 0 Å². The maximum atomic E-state index is 12.8. The van der Waals surface area contributed by atoms with Gasteiger partial charge < -0.3 is 9.80 Å². The van der Waals surface area contributed by atoms with E-state index in [1.807, 2.05) is 18.2 Å². The number of hydrogen-bond donors (Lipinski definition) is 1. The Morgan fingerprint density at radius 1 is 1.03 bits per heavy atom. The molecule has 3 heterocycles. The molecule has 0 bridgehead atoms. The predicted octanol–water partition coefficient (Wildman–Crippen LogP) is 4.06. The Labute approximate surface area is 187 Å². The van der Waals surface area contributed by atoms with Crippen LogP contribution in [0.5, 0.6) is 0 Å². The minimum Gasteiger partial charge on any atom is -0.353 e. The summed E-state index contributed by atoms with van der Waals surface area (Å²) in [6.07, 6.45) is 1.76. The van der Waals surface area contributed by atoms with Crippen LogP contribution in [0.1, 0.15) is 20.8 Å². The van der Waals surface area contributed by atoms with Crippen molar-refractivity contribution >= 4 is 57.3 Å². The van der Waals surface area contributed by atoms with E-state index in [2.05, 4.69) is 20.2 Å². The number of aromatic nitrogens is 2. The molecule has 1 fully saturated rings. The molecule has 1 aliphatic heterocycles. The topological polar surface area (TPSA) is 78.4 Å². The van der Waals surface area contributed by atoms with Crippen LogP contribution < -0.4 is 10.2 Å². The molecule has 1 saturated heterocycles. The quantitative estimate of drug-likeness (QED) is 0.633. The van der Waals surface area contributed by atoms with E-state index in [0.717, 1.165) is 5.82 Å². The Balaban J connectivity index is 1.36. The molecule has 4 rings (SSSR count). The molecule has 1 aliphatic rings. The predicted molar refractivity (Wildman–Crippen MR) is 119 cm³/mol. The van der Waals surface area contributed by atoms with E-state index in [4.69, 9.17) is 23.2 Å². The Kier molecular flexibility index (Phi) is 6.17. The number of amides is 2. The molecule has 0 saturated carbocycles. The maximum Gasteiger partial charge on any atom is 0.273 e. The SMILES string of the molecule is O=C(Nc1nc(C(=O)N2CCN(c3ccccn3)CC2)cs1)c1ccc(Cl)c(Cl)c1. The monoisotopic (exact) mass is 461 g/mol. The number of thiazole rings is 1. The summed E-state index contributed by atoms with van der Waals surface area (Å²) in [4.78, 5) is 37.7. The van der Waals surface area contributed by atoms with Crippen molar-refractivity contribution in [2.75, 3.05) is 36.4 Å². The molecule has 0 unspecified atom stereocenters. The Hall–Kier alpha value is -2.68. The second-order valence-electron chi connectivity index (χ2n) is 6.59. The Bertz CT molecular complexity index is 1070. The number of nitrogens with one attached hydrogen (secondary N) is 1. The van der Waals surface area contributed by atoms with Gasteiger partial charge in [0.2, 0.25) is 0 Å². The average Bonchev–Trinajstić information content (AvgIpc) is 3.24. The first-order chi connectivity index (χ1) is 14.5. The van der Waals surface area contributed by atoms with Crippen molar-refractivity contribution < 1.29 is 9.59 Å². The molecule has 10 heteroatoms. The van der Waals surface area contributed by atoms with Crippen LogP contribution in [0, 0.1) is 0 Å². The molecule has 30 heavy (non-hydrogen) atoms. The van der Waals surface area contributed by atoms with Gasteiger partial charge in [0.25, 0.3) is 11.8 Å². The third-order valence-electron chi connectivity index (χ3n) is 4.67. The normalized spacial score (nSPS) is 13.9. The van der Waals surface area contributed by atoms with Gasteiger partial charge in [-0.15, -0.1) is 11.3 Å². The number of benzene rings is 1. The molecule has 1 N–H and O–H groups in total. The molecule has 0 radical (unpaired) electrons. The largest absolute Gasteiger partial charge is 0.353 e. The van der Waals surface area contributed by atoms with Gasteiger partial charge in [0.05, 0.1) is 10.0 Å². The Morgan fingerprint density at radius 3 is 2.53 bits per heavy atom. The van der Waals surface area contributed by atoms with E-state index in [1.54, 1.807) is 28.6 Å². The molecule has 0 atom stereocenters. The lowest BCUT2D eigenvalue weighted by atomic mass is 10.2. The van der Waals surface area contributed by atoms with Crippen molar-refractivity contribution in [2.45, 2.75) is 0 Å². The molecular weight excluding hydrogens is 445 g/mol. The molecule has 154 valence electrons. The van der Waals surface area contributed by atoms with E-state index in [-0.39, 0.29) is 11.8 Å². The van der Waals surface area contributed by atoms with Crippen LogP contribution in [-0.4, -0.2) is 52.9 Å². The lowest BCUT2D eigenvalue weighted by Crippen LogP contribution is -2.49. The van der Waals surface area contributed by atoms with Gasteiger partial charge in [0.1, 0.15) is 11.5 Å². The summed E-state index contributed by atoms with van der Waals surface area (Å²) in [5.74, 6) is 0.387. The van der Waals surface area contributed by atoms with Gasteiger partial charge in [-0.05, 0) is 30.3 Å². The maximum absolute atomic E-state index is 12.8. The molecule has 0 spiro atoms. The third-order valence-corrected chi connectivity index (χ3v) is 6.16. The highest BCUT2D eigenvalue weighted by atomic mass is 35.5. The number of carbonyl (C=O) groups is 2. The second-order valence-corrected chi connectivity index (χ2v) is 8.26. The summed E-state index contributed by atoms with van der Waals surface area (Å²) in [6, 6.07) is 10.4. The van der Waals surface area contributed by atoms with Gasteiger partial charge in [-0.3, -0.25) is 14.9 Å². The van der Waals surface area contributed by atoms with Crippen LogP contribution in [0.4, 0.5) is 10.9 Å². The summed E-state index contributed by atoms with van der Waals surface area (Å²) >= 11 is 13.0. The minimum absolute atomic E-state index is 0.151. The number of pyridine rings is 1. The number of anilines is 2. The van der Waals surface area contributed by atoms with Crippen LogP contribution in [-0.2, 0) is 0 Å². The Morgan fingerprint density at radius 2 is 1.83 bits per heavy atom. The number of hydrogen-bond acceptors (Lipinski definition) is 6. The summed E-state index contributed by atoms with van der Waals surface area (Å²) in [5.41, 5.74) is 0.675. The standard InChI is InChI=1S/C20H17Cl2N5O2S/c21-14-5-4-13(11-15(14)22)18(28)25-20-24-16(12-30-20)19(29)27-9-7-26(8-10-27)17-3-1-2-6-23-17/h1-6,11-12H,7-10H2,(H,24,25,28). The van der Waals surface area contributed by atoms with Crippen molar-refractivity contribution in [1.82, 2.24) is 14.9 Å². The van der Waals surface area contributed by atoms with Gasteiger partial charge in [-0.2, -0.15) is 0 Å². The lowest BCUT2D eigenvalue weighted by Gasteiger charge is -2.35. The highest BCUT2D eigenvalue weighted by Crippen LogP contribution is 2.24. The summed E-state index contributed by atoms with van der Waals surface area (Å²) in [6.45, 7) is 2.57. The fourth-order valence-corrected chi connectivity index (χ4v) is 4.06. The minimum atomic E-state index is -0.370. The van der Waals surface area contributed by atoms with Crippen molar-refractivity contribution in [1.29, 1.82) is 0 Å². The molecule has 2 amide bonds. The zero-order valence-corrected chi connectivity index (χ0v) is 18.0. The van der Waals surface area contributed by atoms with E-state index < -0.39 is 0 Å². The van der Waals surface area contributed by atoms with Crippen LogP contribution in [0.3, 0.4) is 0 Å². The van der Waals surface area contributed by atoms with E-state index in [0.29, 0.717) is 52.6 Å². The first kappa shape index (κ1) is 20.6. The molecule has 3 aromatic rings. The van der Waals surface area contributed by atoms with Gasteiger partial charge in [0.15, 0.2) is 5.13 Å². The fourth-order valence-electron chi connectivity index (χ4n) is 3.08. The van der Waals surface area contributed by atoms with Gasteiger partial charge in [-0.1, -0.05) is 29.3 Å². The number of nitrogens with zero attached hydrogens (tertiary/aromatic N) is 4. The smallest absolute Gasteiger partial charge is 0.273 e. The summed E-state index contributed by atoms with van der Waals surface area (Å²) in [7, 11) is 0. The summed E-state index contributed by atoms with van der Waals surface area (Å²) < 4.78 is 0. The number of rotatable bonds is 4. The zero-order valence-electron chi connectivity index (χ0n) is 15.7. The van der Waals surface area contributed by atoms with Gasteiger partial charge in [0, 0.05) is 43.3 Å². The third kappa shape index (κ3) is 4.56. The van der Waals surface area contributed by atoms with E-state index in [9.17, 15) is 9.59 Å². The second kappa shape index (κ2) is 8.99. The first-order valence-electron chi connectivity index (χ1n) is 9.18. The zero-order chi connectivity index (χ0) is 21.1. The van der Waals surface area contributed by atoms with Crippen molar-refractivity contribution in [3.8, 4) is 0 Å². The van der Waals surface area contributed by atoms with Gasteiger partial charge in [-0.25, -0.2) is 9.97 Å². The number of halogens is 2. The molecular formula is C20H17Cl2N5O2S. The lowest BCUT2D eigenvalue weighted by molar-refractivity contribution is 0.0741. The highest BCUT2D eigenvalue weighted by Gasteiger charge is 2.24. The first-order valence-corrected chi connectivity index (χ1v) is 10.8. The number of piperazine rings is 1. The molecule has 2 aromatic heterocycles. The fraction of sp³-hybridized carbons (Fsp3) is 0.200. The molecule has 1 aromatic carbocycles. The van der Waals surface area contributed by atoms with E-state index in [1.165, 1.54) is 17.4 Å². The van der Waals surface area contributed by atoms with Crippen molar-refractivity contribution in [2.24, 2.45) is 0 Å². The highest BCUT2D eigenvalue weighted by molar-refractivity contribution is 7.14. The molecule has 0 aliphatic carbocycles. The van der Waals surface area contributed by atoms with Crippen LogP contribution in [0.25, 0.3) is 0 Å². The summed E-state index contributed by atoms with van der Waals surface area (Å²) in [5, 5.41) is 5.36. The van der Waals surface area contributed by atoms with E-state index >= 15 is 0 Å². The van der Waals surface area contributed by atoms with Crippen LogP contribution in [0.2, 0.25) is 10.0 Å². The van der Waals surface area contributed by atoms with Crippen molar-refractivity contribution in [3.05, 3.63) is 69.3 Å². The van der Waals surface area contributed by atoms with Gasteiger partial charge >= 0.3 is 0 Å². The van der Waals surface area contributed by atoms with Crippen LogP contribution >= 0.6 is 34.5 Å². The molecule has 7 nitrogen and oxygen atoms in total.